The molecule has 0 aliphatic heterocycles. The van der Waals surface area contributed by atoms with Crippen LogP contribution in [0.25, 0.3) is 0 Å². The monoisotopic (exact) mass is 266 g/mol. The van der Waals surface area contributed by atoms with Gasteiger partial charge in [0.1, 0.15) is 11.6 Å². The molecule has 6 heteroatoms. The molecule has 3 N–H and O–H groups in total. The molecule has 0 saturated heterocycles. The van der Waals surface area contributed by atoms with Gasteiger partial charge in [-0.1, -0.05) is 13.0 Å². The smallest absolute Gasteiger partial charge is 0.131 e. The van der Waals surface area contributed by atoms with Crippen molar-refractivity contribution >= 4 is 0 Å². The third-order valence-electron chi connectivity index (χ3n) is 2.88. The van der Waals surface area contributed by atoms with Crippen molar-refractivity contribution in [2.45, 2.75) is 25.9 Å². The van der Waals surface area contributed by atoms with E-state index in [1.165, 1.54) is 12.1 Å². The summed E-state index contributed by atoms with van der Waals surface area (Å²) in [5.41, 5.74) is 3.56. The Kier molecular flexibility index (Phi) is 4.24. The van der Waals surface area contributed by atoms with Crippen LogP contribution in [0, 0.1) is 11.6 Å². The van der Waals surface area contributed by atoms with E-state index in [1.807, 2.05) is 6.92 Å². The van der Waals surface area contributed by atoms with E-state index < -0.39 is 17.7 Å². The SMILES string of the molecule is CCCn1cc(C(NN)c2ccc(F)cc2F)cn1. The van der Waals surface area contributed by atoms with Crippen LogP contribution in [-0.2, 0) is 6.54 Å². The highest BCUT2D eigenvalue weighted by molar-refractivity contribution is 5.30. The Balaban J connectivity index is 2.32. The lowest BCUT2D eigenvalue weighted by Crippen LogP contribution is -2.29. The zero-order valence-corrected chi connectivity index (χ0v) is 10.6. The molecule has 19 heavy (non-hydrogen) atoms. The summed E-state index contributed by atoms with van der Waals surface area (Å²) >= 11 is 0. The van der Waals surface area contributed by atoms with Crippen molar-refractivity contribution in [3.8, 4) is 0 Å². The van der Waals surface area contributed by atoms with Crippen molar-refractivity contribution in [1.82, 2.24) is 15.2 Å². The predicted octanol–water partition coefficient (Wildman–Crippen LogP) is 2.12. The van der Waals surface area contributed by atoms with Crippen molar-refractivity contribution < 1.29 is 8.78 Å². The molecule has 1 aromatic carbocycles. The maximum atomic E-state index is 13.8. The fraction of sp³-hybridized carbons (Fsp3) is 0.308. The Morgan fingerprint density at radius 3 is 2.84 bits per heavy atom. The van der Waals surface area contributed by atoms with Gasteiger partial charge >= 0.3 is 0 Å². The van der Waals surface area contributed by atoms with Crippen LogP contribution in [0.3, 0.4) is 0 Å². The zero-order valence-electron chi connectivity index (χ0n) is 10.6. The molecule has 4 nitrogen and oxygen atoms in total. The Bertz CT molecular complexity index is 553. The second kappa shape index (κ2) is 5.90. The van der Waals surface area contributed by atoms with Crippen molar-refractivity contribution in [3.63, 3.8) is 0 Å². The van der Waals surface area contributed by atoms with Crippen LogP contribution >= 0.6 is 0 Å². The molecule has 0 spiro atoms. The number of nitrogens with zero attached hydrogens (tertiary/aromatic N) is 2. The third-order valence-corrected chi connectivity index (χ3v) is 2.88. The minimum Gasteiger partial charge on any atom is -0.272 e. The Morgan fingerprint density at radius 1 is 1.42 bits per heavy atom. The van der Waals surface area contributed by atoms with Gasteiger partial charge in [-0.15, -0.1) is 0 Å². The summed E-state index contributed by atoms with van der Waals surface area (Å²) < 4.78 is 28.4. The average Bonchev–Trinajstić information content (AvgIpc) is 2.82. The molecule has 1 atom stereocenters. The van der Waals surface area contributed by atoms with Gasteiger partial charge in [-0.25, -0.2) is 14.2 Å². The number of benzene rings is 1. The lowest BCUT2D eigenvalue weighted by molar-refractivity contribution is 0.540. The fourth-order valence-electron chi connectivity index (χ4n) is 1.98. The summed E-state index contributed by atoms with van der Waals surface area (Å²) in [6, 6.07) is 2.88. The minimum atomic E-state index is -0.633. The van der Waals surface area contributed by atoms with Gasteiger partial charge in [0, 0.05) is 29.9 Å². The fourth-order valence-corrected chi connectivity index (χ4v) is 1.98. The summed E-state index contributed by atoms with van der Waals surface area (Å²) in [7, 11) is 0. The number of rotatable bonds is 5. The van der Waals surface area contributed by atoms with Gasteiger partial charge in [-0.3, -0.25) is 10.5 Å². The summed E-state index contributed by atoms with van der Waals surface area (Å²) in [5.74, 6) is 4.23. The summed E-state index contributed by atoms with van der Waals surface area (Å²) in [6.07, 6.45) is 4.38. The first-order chi connectivity index (χ1) is 9.15. The van der Waals surface area contributed by atoms with Crippen molar-refractivity contribution in [3.05, 3.63) is 53.4 Å². The van der Waals surface area contributed by atoms with Gasteiger partial charge < -0.3 is 0 Å². The lowest BCUT2D eigenvalue weighted by atomic mass is 10.0. The van der Waals surface area contributed by atoms with Crippen LogP contribution in [0.5, 0.6) is 0 Å². The number of hydrogen-bond donors (Lipinski definition) is 2. The van der Waals surface area contributed by atoms with Crippen LogP contribution in [-0.4, -0.2) is 9.78 Å². The van der Waals surface area contributed by atoms with E-state index in [1.54, 1.807) is 17.1 Å². The van der Waals surface area contributed by atoms with Crippen LogP contribution < -0.4 is 11.3 Å². The van der Waals surface area contributed by atoms with Crippen molar-refractivity contribution in [1.29, 1.82) is 0 Å². The quantitative estimate of drug-likeness (QED) is 0.644. The topological polar surface area (TPSA) is 55.9 Å². The van der Waals surface area contributed by atoms with Gasteiger partial charge in [0.15, 0.2) is 0 Å². The molecule has 1 heterocycles. The number of hydrogen-bond acceptors (Lipinski definition) is 3. The van der Waals surface area contributed by atoms with E-state index in [0.717, 1.165) is 24.6 Å². The molecule has 2 aromatic rings. The maximum absolute atomic E-state index is 13.8. The molecule has 1 unspecified atom stereocenters. The van der Waals surface area contributed by atoms with E-state index in [-0.39, 0.29) is 0 Å². The number of aromatic nitrogens is 2. The molecule has 0 bridgehead atoms. The number of hydrazine groups is 1. The maximum Gasteiger partial charge on any atom is 0.131 e. The van der Waals surface area contributed by atoms with Gasteiger partial charge in [0.2, 0.25) is 0 Å². The van der Waals surface area contributed by atoms with Crippen molar-refractivity contribution in [2.24, 2.45) is 5.84 Å². The average molecular weight is 266 g/mol. The molecule has 2 rings (SSSR count). The number of aryl methyl sites for hydroxylation is 1. The first kappa shape index (κ1) is 13.6. The number of nitrogens with two attached hydrogens (primary N) is 1. The Morgan fingerprint density at radius 2 is 2.21 bits per heavy atom. The molecule has 0 amide bonds. The van der Waals surface area contributed by atoms with Crippen LogP contribution in [0.4, 0.5) is 8.78 Å². The molecule has 1 aromatic heterocycles. The highest BCUT2D eigenvalue weighted by Crippen LogP contribution is 2.24. The van der Waals surface area contributed by atoms with Crippen LogP contribution in [0.2, 0.25) is 0 Å². The van der Waals surface area contributed by atoms with Gasteiger partial charge in [-0.2, -0.15) is 5.10 Å². The van der Waals surface area contributed by atoms with Gasteiger partial charge in [-0.05, 0) is 12.5 Å². The van der Waals surface area contributed by atoms with Crippen LogP contribution in [0.1, 0.15) is 30.5 Å². The third kappa shape index (κ3) is 2.97. The molecular weight excluding hydrogens is 250 g/mol. The second-order valence-corrected chi connectivity index (χ2v) is 4.30. The second-order valence-electron chi connectivity index (χ2n) is 4.30. The first-order valence-electron chi connectivity index (χ1n) is 6.09. The summed E-state index contributed by atoms with van der Waals surface area (Å²) in [6.45, 7) is 2.82. The van der Waals surface area contributed by atoms with Crippen LogP contribution in [0.15, 0.2) is 30.6 Å². The molecule has 102 valence electrons. The minimum absolute atomic E-state index is 0.292. The van der Waals surface area contributed by atoms with E-state index in [9.17, 15) is 8.78 Å². The van der Waals surface area contributed by atoms with E-state index >= 15 is 0 Å². The Labute approximate surface area is 110 Å². The standard InChI is InChI=1S/C13H16F2N4/c1-2-5-19-8-9(7-17-19)13(18-16)11-4-3-10(14)6-12(11)15/h3-4,6-8,13,18H,2,5,16H2,1H3. The Hall–Kier alpha value is -1.79. The molecular formula is C13H16F2N4. The van der Waals surface area contributed by atoms with E-state index in [2.05, 4.69) is 10.5 Å². The van der Waals surface area contributed by atoms with Gasteiger partial charge in [0.25, 0.3) is 0 Å². The molecule has 0 radical (unpaired) electrons. The molecule has 0 fully saturated rings. The highest BCUT2D eigenvalue weighted by Gasteiger charge is 2.18. The largest absolute Gasteiger partial charge is 0.272 e. The predicted molar refractivity (Wildman–Crippen MR) is 68.0 cm³/mol. The lowest BCUT2D eigenvalue weighted by Gasteiger charge is -2.15. The molecule has 0 aliphatic rings. The highest BCUT2D eigenvalue weighted by atomic mass is 19.1. The number of nitrogens with one attached hydrogen (secondary N) is 1. The summed E-state index contributed by atoms with van der Waals surface area (Å²) in [5, 5.41) is 4.17. The van der Waals surface area contributed by atoms with E-state index in [0.29, 0.717) is 5.56 Å². The zero-order chi connectivity index (χ0) is 13.8. The molecule has 0 aliphatic carbocycles. The number of halogens is 2. The summed E-state index contributed by atoms with van der Waals surface area (Å²) in [4.78, 5) is 0. The van der Waals surface area contributed by atoms with Crippen molar-refractivity contribution in [2.75, 3.05) is 0 Å². The van der Waals surface area contributed by atoms with Gasteiger partial charge in [0.05, 0.1) is 12.2 Å². The normalized spacial score (nSPS) is 12.6. The van der Waals surface area contributed by atoms with E-state index in [4.69, 9.17) is 5.84 Å². The first-order valence-corrected chi connectivity index (χ1v) is 6.09. The molecule has 0 saturated carbocycles.